The van der Waals surface area contributed by atoms with Gasteiger partial charge < -0.3 is 9.47 Å². The number of esters is 2. The molecule has 1 aliphatic carbocycles. The van der Waals surface area contributed by atoms with Gasteiger partial charge in [0.05, 0.1) is 30.5 Å². The Morgan fingerprint density at radius 2 is 1.75 bits per heavy atom. The van der Waals surface area contributed by atoms with Crippen molar-refractivity contribution in [2.24, 2.45) is 0 Å². The van der Waals surface area contributed by atoms with Crippen molar-refractivity contribution in [3.05, 3.63) is 35.0 Å². The Balaban J connectivity index is 2.05. The molecule has 6 heteroatoms. The third kappa shape index (κ3) is 4.11. The number of hydrogen-bond donors (Lipinski definition) is 0. The summed E-state index contributed by atoms with van der Waals surface area (Å²) in [5.41, 5.74) is 2.79. The molecular weight excluding hydrogens is 356 g/mol. The van der Waals surface area contributed by atoms with Crippen LogP contribution in [0.25, 0.3) is 17.0 Å². The van der Waals surface area contributed by atoms with Gasteiger partial charge in [-0.3, -0.25) is 4.68 Å². The monoisotopic (exact) mass is 384 g/mol. The van der Waals surface area contributed by atoms with Crippen molar-refractivity contribution in [1.82, 2.24) is 9.78 Å². The van der Waals surface area contributed by atoms with Gasteiger partial charge in [-0.2, -0.15) is 5.10 Å². The molecule has 0 unspecified atom stereocenters. The molecule has 6 nitrogen and oxygen atoms in total. The van der Waals surface area contributed by atoms with Crippen molar-refractivity contribution < 1.29 is 19.1 Å². The molecule has 0 N–H and O–H groups in total. The smallest absolute Gasteiger partial charge is 0.345 e. The van der Waals surface area contributed by atoms with E-state index in [1.165, 1.54) is 12.8 Å². The van der Waals surface area contributed by atoms with Gasteiger partial charge in [-0.25, -0.2) is 9.59 Å². The fourth-order valence-corrected chi connectivity index (χ4v) is 3.78. The maximum Gasteiger partial charge on any atom is 0.345 e. The van der Waals surface area contributed by atoms with Crippen LogP contribution in [0.15, 0.2) is 23.8 Å². The first kappa shape index (κ1) is 20.1. The third-order valence-corrected chi connectivity index (χ3v) is 5.12. The number of carbonyl (C=O) groups excluding carboxylic acids is 2. The fraction of sp³-hybridized carbons (Fsp3) is 0.500. The van der Waals surface area contributed by atoms with Crippen LogP contribution in [0.1, 0.15) is 63.8 Å². The lowest BCUT2D eigenvalue weighted by Crippen LogP contribution is -2.18. The molecule has 0 aliphatic heterocycles. The van der Waals surface area contributed by atoms with Gasteiger partial charge in [0.25, 0.3) is 0 Å². The molecule has 1 aromatic carbocycles. The quantitative estimate of drug-likeness (QED) is 0.309. The van der Waals surface area contributed by atoms with Gasteiger partial charge in [-0.05, 0) is 50.8 Å². The van der Waals surface area contributed by atoms with Crippen molar-refractivity contribution in [2.75, 3.05) is 13.2 Å². The van der Waals surface area contributed by atoms with E-state index in [1.54, 1.807) is 19.9 Å². The first-order chi connectivity index (χ1) is 13.6. The van der Waals surface area contributed by atoms with Crippen LogP contribution in [0.3, 0.4) is 0 Å². The summed E-state index contributed by atoms with van der Waals surface area (Å²) in [6.07, 6.45) is 7.13. The molecule has 1 aliphatic rings. The molecule has 3 rings (SSSR count). The number of hydrogen-bond acceptors (Lipinski definition) is 5. The van der Waals surface area contributed by atoms with E-state index >= 15 is 0 Å². The summed E-state index contributed by atoms with van der Waals surface area (Å²) in [7, 11) is 0. The highest BCUT2D eigenvalue weighted by molar-refractivity contribution is 6.17. The van der Waals surface area contributed by atoms with Crippen LogP contribution in [0.5, 0.6) is 0 Å². The zero-order valence-corrected chi connectivity index (χ0v) is 16.9. The lowest BCUT2D eigenvalue weighted by Gasteiger charge is -2.11. The Bertz CT molecular complexity index is 871. The number of carbonyl (C=O) groups is 2. The van der Waals surface area contributed by atoms with Crippen LogP contribution < -0.4 is 0 Å². The molecular formula is C22H28N2O4. The zero-order valence-electron chi connectivity index (χ0n) is 16.9. The summed E-state index contributed by atoms with van der Waals surface area (Å²) in [4.78, 5) is 24.5. The highest BCUT2D eigenvalue weighted by Crippen LogP contribution is 2.33. The molecule has 150 valence electrons. The van der Waals surface area contributed by atoms with Gasteiger partial charge in [0, 0.05) is 5.39 Å². The summed E-state index contributed by atoms with van der Waals surface area (Å²) in [5, 5.41) is 5.98. The zero-order chi connectivity index (χ0) is 20.1. The second-order valence-electron chi connectivity index (χ2n) is 6.96. The SMILES string of the molecule is CCOC(=O)C(=Cc1ccc2c(CC)nn(C3CCCC3)c2c1)C(=O)OCC. The summed E-state index contributed by atoms with van der Waals surface area (Å²) in [6.45, 7) is 5.92. The minimum atomic E-state index is -0.667. The van der Waals surface area contributed by atoms with E-state index in [0.717, 1.165) is 41.4 Å². The molecule has 1 aromatic heterocycles. The number of fused-ring (bicyclic) bond motifs is 1. The molecule has 0 spiro atoms. The van der Waals surface area contributed by atoms with E-state index in [-0.39, 0.29) is 18.8 Å². The minimum absolute atomic E-state index is 0.0919. The van der Waals surface area contributed by atoms with Crippen LogP contribution >= 0.6 is 0 Å². The summed E-state index contributed by atoms with van der Waals surface area (Å²) in [6, 6.07) is 6.34. The largest absolute Gasteiger partial charge is 0.462 e. The van der Waals surface area contributed by atoms with E-state index in [4.69, 9.17) is 14.6 Å². The second kappa shape index (κ2) is 9.04. The fourth-order valence-electron chi connectivity index (χ4n) is 3.78. The number of nitrogens with zero attached hydrogens (tertiary/aromatic N) is 2. The summed E-state index contributed by atoms with van der Waals surface area (Å²) < 4.78 is 12.2. The molecule has 2 aromatic rings. The maximum atomic E-state index is 12.2. The van der Waals surface area contributed by atoms with Crippen molar-refractivity contribution in [3.8, 4) is 0 Å². The normalized spacial score (nSPS) is 14.2. The molecule has 1 fully saturated rings. The lowest BCUT2D eigenvalue weighted by atomic mass is 10.1. The maximum absolute atomic E-state index is 12.2. The van der Waals surface area contributed by atoms with Gasteiger partial charge in [0.2, 0.25) is 0 Å². The molecule has 0 radical (unpaired) electrons. The highest BCUT2D eigenvalue weighted by Gasteiger charge is 2.23. The summed E-state index contributed by atoms with van der Waals surface area (Å²) in [5.74, 6) is -1.33. The van der Waals surface area contributed by atoms with Crippen LogP contribution in [0.2, 0.25) is 0 Å². The van der Waals surface area contributed by atoms with E-state index in [0.29, 0.717) is 6.04 Å². The van der Waals surface area contributed by atoms with Crippen molar-refractivity contribution >= 4 is 28.9 Å². The van der Waals surface area contributed by atoms with Gasteiger partial charge in [-0.15, -0.1) is 0 Å². The van der Waals surface area contributed by atoms with Crippen molar-refractivity contribution in [2.45, 2.75) is 58.9 Å². The molecule has 28 heavy (non-hydrogen) atoms. The minimum Gasteiger partial charge on any atom is -0.462 e. The van der Waals surface area contributed by atoms with Crippen molar-refractivity contribution in [1.29, 1.82) is 0 Å². The third-order valence-electron chi connectivity index (χ3n) is 5.12. The molecule has 0 saturated heterocycles. The number of benzene rings is 1. The van der Waals surface area contributed by atoms with Gasteiger partial charge >= 0.3 is 11.9 Å². The topological polar surface area (TPSA) is 70.4 Å². The van der Waals surface area contributed by atoms with Gasteiger partial charge in [0.15, 0.2) is 0 Å². The first-order valence-electron chi connectivity index (χ1n) is 10.2. The van der Waals surface area contributed by atoms with Crippen LogP contribution in [0, 0.1) is 0 Å². The first-order valence-corrected chi connectivity index (χ1v) is 10.2. The van der Waals surface area contributed by atoms with Crippen LogP contribution in [-0.2, 0) is 25.5 Å². The summed E-state index contributed by atoms with van der Waals surface area (Å²) >= 11 is 0. The second-order valence-corrected chi connectivity index (χ2v) is 6.96. The van der Waals surface area contributed by atoms with E-state index in [9.17, 15) is 9.59 Å². The van der Waals surface area contributed by atoms with E-state index in [1.807, 2.05) is 18.2 Å². The van der Waals surface area contributed by atoms with Crippen molar-refractivity contribution in [3.63, 3.8) is 0 Å². The van der Waals surface area contributed by atoms with E-state index < -0.39 is 11.9 Å². The Kier molecular flexibility index (Phi) is 6.49. The van der Waals surface area contributed by atoms with Crippen LogP contribution in [-0.4, -0.2) is 34.9 Å². The molecule has 0 amide bonds. The Morgan fingerprint density at radius 3 is 2.32 bits per heavy atom. The predicted molar refractivity (Wildman–Crippen MR) is 108 cm³/mol. The average Bonchev–Trinajstić information content (AvgIpc) is 3.33. The van der Waals surface area contributed by atoms with Crippen LogP contribution in [0.4, 0.5) is 0 Å². The van der Waals surface area contributed by atoms with Gasteiger partial charge in [0.1, 0.15) is 5.57 Å². The number of rotatable bonds is 7. The molecule has 1 saturated carbocycles. The van der Waals surface area contributed by atoms with Gasteiger partial charge in [-0.1, -0.05) is 31.9 Å². The van der Waals surface area contributed by atoms with E-state index in [2.05, 4.69) is 11.6 Å². The molecule has 1 heterocycles. The number of aromatic nitrogens is 2. The lowest BCUT2D eigenvalue weighted by molar-refractivity contribution is -0.146. The standard InChI is InChI=1S/C22H28N2O4/c1-4-19-17-12-11-15(13-18(21(25)27-5-2)22(26)28-6-3)14-20(17)24(23-19)16-9-7-8-10-16/h11-14,16H,4-10H2,1-3H3. The highest BCUT2D eigenvalue weighted by atomic mass is 16.6. The number of aryl methyl sites for hydroxylation is 1. The Morgan fingerprint density at radius 1 is 1.11 bits per heavy atom. The average molecular weight is 384 g/mol. The Labute approximate surface area is 165 Å². The Hall–Kier alpha value is -2.63. The molecule has 0 atom stereocenters. The molecule has 0 bridgehead atoms. The number of ether oxygens (including phenoxy) is 2. The predicted octanol–water partition coefficient (Wildman–Crippen LogP) is 4.22.